The summed E-state index contributed by atoms with van der Waals surface area (Å²) in [7, 11) is 1.69. The number of hydrogen-bond acceptors (Lipinski definition) is 4. The third-order valence-electron chi connectivity index (χ3n) is 5.46. The smallest absolute Gasteiger partial charge is 0.123 e. The molecule has 1 aromatic heterocycles. The van der Waals surface area contributed by atoms with Gasteiger partial charge in [-0.15, -0.1) is 0 Å². The molecule has 1 aliphatic heterocycles. The Morgan fingerprint density at radius 2 is 1.96 bits per heavy atom. The molecule has 2 aromatic rings. The summed E-state index contributed by atoms with van der Waals surface area (Å²) in [6.07, 6.45) is 7.74. The number of aromatic nitrogens is 1. The molecule has 2 aliphatic rings. The van der Waals surface area contributed by atoms with Crippen molar-refractivity contribution in [2.45, 2.75) is 37.9 Å². The number of fused-ring (bicyclic) bond motifs is 2. The number of methoxy groups -OCH3 is 1. The van der Waals surface area contributed by atoms with Gasteiger partial charge in [0.05, 0.1) is 7.11 Å². The third-order valence-corrected chi connectivity index (χ3v) is 5.46. The molecule has 126 valence electrons. The second-order valence-electron chi connectivity index (χ2n) is 6.81. The van der Waals surface area contributed by atoms with Crippen molar-refractivity contribution >= 4 is 0 Å². The SMILES string of the molecule is COc1cccc(OC[C@H]2[C@H]3CC[C@H](C3)N2Cc2ccncc2)c1. The van der Waals surface area contributed by atoms with Crippen LogP contribution in [0.1, 0.15) is 24.8 Å². The Bertz CT molecular complexity index is 676. The number of likely N-dealkylation sites (tertiary alicyclic amines) is 1. The molecule has 1 aromatic carbocycles. The molecule has 0 radical (unpaired) electrons. The lowest BCUT2D eigenvalue weighted by molar-refractivity contribution is 0.0866. The van der Waals surface area contributed by atoms with Gasteiger partial charge in [-0.2, -0.15) is 0 Å². The zero-order valence-electron chi connectivity index (χ0n) is 14.1. The minimum absolute atomic E-state index is 0.503. The van der Waals surface area contributed by atoms with E-state index in [9.17, 15) is 0 Å². The Kier molecular flexibility index (Phi) is 4.39. The third kappa shape index (κ3) is 3.11. The van der Waals surface area contributed by atoms with Crippen molar-refractivity contribution in [3.8, 4) is 11.5 Å². The molecule has 1 saturated carbocycles. The van der Waals surface area contributed by atoms with Crippen molar-refractivity contribution < 1.29 is 9.47 Å². The largest absolute Gasteiger partial charge is 0.497 e. The molecule has 4 heteroatoms. The van der Waals surface area contributed by atoms with Crippen molar-refractivity contribution in [2.75, 3.05) is 13.7 Å². The minimum Gasteiger partial charge on any atom is -0.497 e. The first-order valence-corrected chi connectivity index (χ1v) is 8.75. The first kappa shape index (κ1) is 15.5. The number of ether oxygens (including phenoxy) is 2. The molecule has 24 heavy (non-hydrogen) atoms. The standard InChI is InChI=1S/C20H24N2O2/c1-23-18-3-2-4-19(12-18)24-14-20-16-5-6-17(11-16)22(20)13-15-7-9-21-10-8-15/h2-4,7-10,12,16-17,20H,5-6,11,13-14H2,1H3/t16-,17+,20-/m0/s1. The average Bonchev–Trinajstić information content (AvgIpc) is 3.23. The maximum atomic E-state index is 6.12. The predicted molar refractivity (Wildman–Crippen MR) is 93.2 cm³/mol. The van der Waals surface area contributed by atoms with Crippen molar-refractivity contribution in [1.29, 1.82) is 0 Å². The topological polar surface area (TPSA) is 34.6 Å². The molecule has 4 rings (SSSR count). The molecule has 0 N–H and O–H groups in total. The fourth-order valence-electron chi connectivity index (χ4n) is 4.23. The molecular weight excluding hydrogens is 300 g/mol. The molecule has 1 saturated heterocycles. The molecule has 2 bridgehead atoms. The van der Waals surface area contributed by atoms with Gasteiger partial charge in [0.15, 0.2) is 0 Å². The summed E-state index contributed by atoms with van der Waals surface area (Å²) < 4.78 is 11.4. The molecule has 2 heterocycles. The van der Waals surface area contributed by atoms with Crippen LogP contribution in [0.15, 0.2) is 48.8 Å². The highest BCUT2D eigenvalue weighted by molar-refractivity contribution is 5.32. The van der Waals surface area contributed by atoms with Crippen LogP contribution in [0, 0.1) is 5.92 Å². The first-order valence-electron chi connectivity index (χ1n) is 8.75. The Balaban J connectivity index is 1.44. The number of hydrogen-bond donors (Lipinski definition) is 0. The van der Waals surface area contributed by atoms with Gasteiger partial charge >= 0.3 is 0 Å². The molecule has 2 fully saturated rings. The van der Waals surface area contributed by atoms with E-state index in [2.05, 4.69) is 22.0 Å². The number of pyridine rings is 1. The fraction of sp³-hybridized carbons (Fsp3) is 0.450. The number of rotatable bonds is 6. The van der Waals surface area contributed by atoms with Gasteiger partial charge in [0, 0.05) is 37.1 Å². The van der Waals surface area contributed by atoms with E-state index in [1.54, 1.807) is 7.11 Å². The van der Waals surface area contributed by atoms with Crippen LogP contribution in [-0.2, 0) is 6.54 Å². The maximum Gasteiger partial charge on any atom is 0.123 e. The zero-order valence-corrected chi connectivity index (χ0v) is 14.1. The zero-order chi connectivity index (χ0) is 16.4. The van der Waals surface area contributed by atoms with Gasteiger partial charge in [0.1, 0.15) is 18.1 Å². The second kappa shape index (κ2) is 6.81. The van der Waals surface area contributed by atoms with Crippen LogP contribution in [0.5, 0.6) is 11.5 Å². The monoisotopic (exact) mass is 324 g/mol. The van der Waals surface area contributed by atoms with E-state index in [-0.39, 0.29) is 0 Å². The van der Waals surface area contributed by atoms with Gasteiger partial charge in [-0.25, -0.2) is 0 Å². The van der Waals surface area contributed by atoms with E-state index in [1.807, 2.05) is 36.7 Å². The summed E-state index contributed by atoms with van der Waals surface area (Å²) in [4.78, 5) is 6.77. The van der Waals surface area contributed by atoms with Gasteiger partial charge in [0.2, 0.25) is 0 Å². The van der Waals surface area contributed by atoms with Crippen molar-refractivity contribution in [3.63, 3.8) is 0 Å². The lowest BCUT2D eigenvalue weighted by Gasteiger charge is -2.35. The highest BCUT2D eigenvalue weighted by atomic mass is 16.5. The summed E-state index contributed by atoms with van der Waals surface area (Å²) in [5, 5.41) is 0. The van der Waals surface area contributed by atoms with Gasteiger partial charge in [0.25, 0.3) is 0 Å². The van der Waals surface area contributed by atoms with Gasteiger partial charge in [-0.05, 0) is 55.0 Å². The van der Waals surface area contributed by atoms with Crippen LogP contribution in [0.3, 0.4) is 0 Å². The lowest BCUT2D eigenvalue weighted by atomic mass is 9.99. The van der Waals surface area contributed by atoms with Gasteiger partial charge in [-0.3, -0.25) is 9.88 Å². The first-order chi connectivity index (χ1) is 11.8. The van der Waals surface area contributed by atoms with E-state index in [0.29, 0.717) is 12.1 Å². The predicted octanol–water partition coefficient (Wildman–Crippen LogP) is 3.52. The summed E-state index contributed by atoms with van der Waals surface area (Å²) in [5.41, 5.74) is 1.34. The van der Waals surface area contributed by atoms with Crippen LogP contribution < -0.4 is 9.47 Å². The molecule has 0 spiro atoms. The van der Waals surface area contributed by atoms with Crippen LogP contribution in [0.25, 0.3) is 0 Å². The van der Waals surface area contributed by atoms with E-state index in [1.165, 1.54) is 24.8 Å². The summed E-state index contributed by atoms with van der Waals surface area (Å²) in [6.45, 7) is 1.75. The number of piperidine rings is 1. The van der Waals surface area contributed by atoms with Crippen molar-refractivity contribution in [1.82, 2.24) is 9.88 Å². The maximum absolute atomic E-state index is 6.12. The second-order valence-corrected chi connectivity index (χ2v) is 6.81. The highest BCUT2D eigenvalue weighted by Crippen LogP contribution is 2.43. The summed E-state index contributed by atoms with van der Waals surface area (Å²) in [6, 6.07) is 13.3. The number of benzene rings is 1. The fourth-order valence-corrected chi connectivity index (χ4v) is 4.23. The Morgan fingerprint density at radius 1 is 1.12 bits per heavy atom. The Hall–Kier alpha value is -2.07. The van der Waals surface area contributed by atoms with Gasteiger partial charge in [-0.1, -0.05) is 6.07 Å². The summed E-state index contributed by atoms with van der Waals surface area (Å²) in [5.74, 6) is 2.50. The van der Waals surface area contributed by atoms with Crippen LogP contribution in [-0.4, -0.2) is 35.7 Å². The molecule has 3 atom stereocenters. The minimum atomic E-state index is 0.503. The molecule has 4 nitrogen and oxygen atoms in total. The highest BCUT2D eigenvalue weighted by Gasteiger charge is 2.45. The Morgan fingerprint density at radius 3 is 2.79 bits per heavy atom. The summed E-state index contributed by atoms with van der Waals surface area (Å²) >= 11 is 0. The quantitative estimate of drug-likeness (QED) is 0.814. The normalized spacial score (nSPS) is 25.8. The number of nitrogens with zero attached hydrogens (tertiary/aromatic N) is 2. The van der Waals surface area contributed by atoms with E-state index in [0.717, 1.165) is 30.6 Å². The van der Waals surface area contributed by atoms with E-state index in [4.69, 9.17) is 9.47 Å². The lowest BCUT2D eigenvalue weighted by Crippen LogP contribution is -2.43. The van der Waals surface area contributed by atoms with Crippen molar-refractivity contribution in [2.24, 2.45) is 5.92 Å². The van der Waals surface area contributed by atoms with Crippen LogP contribution in [0.4, 0.5) is 0 Å². The van der Waals surface area contributed by atoms with Gasteiger partial charge < -0.3 is 9.47 Å². The molecule has 1 aliphatic carbocycles. The van der Waals surface area contributed by atoms with Crippen LogP contribution in [0.2, 0.25) is 0 Å². The molecular formula is C20H24N2O2. The van der Waals surface area contributed by atoms with E-state index >= 15 is 0 Å². The van der Waals surface area contributed by atoms with Crippen molar-refractivity contribution in [3.05, 3.63) is 54.4 Å². The van der Waals surface area contributed by atoms with Crippen LogP contribution >= 0.6 is 0 Å². The average molecular weight is 324 g/mol. The molecule has 0 amide bonds. The molecule has 0 unspecified atom stereocenters. The van der Waals surface area contributed by atoms with E-state index < -0.39 is 0 Å². The Labute approximate surface area is 143 Å².